The van der Waals surface area contributed by atoms with E-state index < -0.39 is 47.0 Å². The molecule has 0 aromatic rings. The fourth-order valence-electron chi connectivity index (χ4n) is 4.25. The lowest BCUT2D eigenvalue weighted by Gasteiger charge is -2.34. The molecule has 3 rings (SSSR count). The Kier molecular flexibility index (Phi) is 3.84. The molecule has 1 aliphatic heterocycles. The van der Waals surface area contributed by atoms with Crippen molar-refractivity contribution in [3.05, 3.63) is 23.3 Å². The predicted octanol–water partition coefficient (Wildman–Crippen LogP) is 2.11. The first kappa shape index (κ1) is 16.5. The van der Waals surface area contributed by atoms with Gasteiger partial charge in [-0.05, 0) is 20.3 Å². The average Bonchev–Trinajstić information content (AvgIpc) is 2.79. The number of alkyl halides is 1. The predicted molar refractivity (Wildman–Crippen MR) is 83.8 cm³/mol. The zero-order valence-electron chi connectivity index (χ0n) is 13.5. The van der Waals surface area contributed by atoms with Crippen LogP contribution in [0.25, 0.3) is 0 Å². The molecular formula is C17H21ClO5. The van der Waals surface area contributed by atoms with Gasteiger partial charge < -0.3 is 14.6 Å². The number of ether oxygens (including phenoxy) is 2. The lowest BCUT2D eigenvalue weighted by Crippen LogP contribution is -2.46. The summed E-state index contributed by atoms with van der Waals surface area (Å²) in [6.07, 6.45) is -0.0998. The molecular weight excluding hydrogens is 320 g/mol. The average molecular weight is 341 g/mol. The summed E-state index contributed by atoms with van der Waals surface area (Å²) in [7, 11) is 0. The molecule has 6 atom stereocenters. The highest BCUT2D eigenvalue weighted by molar-refractivity contribution is 6.22. The van der Waals surface area contributed by atoms with Crippen molar-refractivity contribution in [1.29, 1.82) is 0 Å². The molecule has 1 N–H and O–H groups in total. The summed E-state index contributed by atoms with van der Waals surface area (Å²) in [6.45, 7) is 8.80. The van der Waals surface area contributed by atoms with Gasteiger partial charge in [0.25, 0.3) is 0 Å². The fraction of sp³-hybridized carbons (Fsp3) is 0.647. The topological polar surface area (TPSA) is 72.8 Å². The number of carbonyl (C=O) groups excluding carboxylic acids is 2. The van der Waals surface area contributed by atoms with Gasteiger partial charge in [-0.25, -0.2) is 4.79 Å². The van der Waals surface area contributed by atoms with Crippen molar-refractivity contribution in [2.75, 3.05) is 0 Å². The highest BCUT2D eigenvalue weighted by Crippen LogP contribution is 2.54. The molecule has 1 saturated carbocycles. The van der Waals surface area contributed by atoms with E-state index in [-0.39, 0.29) is 0 Å². The van der Waals surface area contributed by atoms with E-state index in [0.29, 0.717) is 18.4 Å². The third-order valence-corrected chi connectivity index (χ3v) is 6.00. The maximum atomic E-state index is 12.1. The molecule has 0 bridgehead atoms. The van der Waals surface area contributed by atoms with Crippen molar-refractivity contribution in [3.8, 4) is 0 Å². The number of esters is 2. The molecule has 0 aromatic heterocycles. The molecule has 23 heavy (non-hydrogen) atoms. The van der Waals surface area contributed by atoms with Crippen molar-refractivity contribution >= 4 is 23.5 Å². The summed E-state index contributed by atoms with van der Waals surface area (Å²) in [6, 6.07) is 0. The van der Waals surface area contributed by atoms with Gasteiger partial charge in [0.1, 0.15) is 12.2 Å². The monoisotopic (exact) mass is 340 g/mol. The summed E-state index contributed by atoms with van der Waals surface area (Å²) in [4.78, 5) is 23.5. The van der Waals surface area contributed by atoms with Crippen molar-refractivity contribution in [3.63, 3.8) is 0 Å². The molecule has 0 amide bonds. The standard InChI is InChI=1S/C17H21ClO5/c1-7-5-11(22-9(3)19)13-8(2)16(20)23-15(13)14-10(7)6-12(18)17(14,4)21/h11-15,21H,2,5-6H2,1,3-4H3. The molecule has 126 valence electrons. The first-order chi connectivity index (χ1) is 10.6. The molecule has 2 fully saturated rings. The minimum absolute atomic E-state index is 0.295. The van der Waals surface area contributed by atoms with Crippen LogP contribution >= 0.6 is 11.6 Å². The first-order valence-corrected chi connectivity index (χ1v) is 8.20. The third-order valence-electron chi connectivity index (χ3n) is 5.40. The zero-order valence-corrected chi connectivity index (χ0v) is 14.2. The number of rotatable bonds is 1. The number of halogens is 1. The SMILES string of the molecule is C=C1C(=O)OC2C1C(OC(C)=O)CC(C)=C1CC(Cl)C(C)(O)C12. The molecule has 2 aliphatic carbocycles. The number of carbonyl (C=O) groups is 2. The Morgan fingerprint density at radius 2 is 2.13 bits per heavy atom. The second-order valence-electron chi connectivity index (χ2n) is 6.95. The Morgan fingerprint density at radius 3 is 2.74 bits per heavy atom. The van der Waals surface area contributed by atoms with Crippen molar-refractivity contribution in [1.82, 2.24) is 0 Å². The van der Waals surface area contributed by atoms with E-state index in [9.17, 15) is 14.7 Å². The van der Waals surface area contributed by atoms with Crippen LogP contribution in [0.15, 0.2) is 23.3 Å². The van der Waals surface area contributed by atoms with Gasteiger partial charge >= 0.3 is 11.9 Å². The van der Waals surface area contributed by atoms with Gasteiger partial charge in [0, 0.05) is 24.8 Å². The van der Waals surface area contributed by atoms with Crippen molar-refractivity contribution in [2.24, 2.45) is 11.8 Å². The van der Waals surface area contributed by atoms with E-state index in [1.807, 2.05) is 6.92 Å². The second kappa shape index (κ2) is 5.35. The van der Waals surface area contributed by atoms with Crippen LogP contribution in [0.1, 0.15) is 33.6 Å². The Labute approximate surface area is 140 Å². The molecule has 5 nitrogen and oxygen atoms in total. The van der Waals surface area contributed by atoms with Gasteiger partial charge in [0.05, 0.1) is 16.9 Å². The van der Waals surface area contributed by atoms with E-state index in [4.69, 9.17) is 21.1 Å². The largest absolute Gasteiger partial charge is 0.461 e. The Morgan fingerprint density at radius 1 is 1.48 bits per heavy atom. The normalized spacial score (nSPS) is 42.9. The van der Waals surface area contributed by atoms with Crippen LogP contribution in [-0.4, -0.2) is 40.2 Å². The smallest absolute Gasteiger partial charge is 0.334 e. The lowest BCUT2D eigenvalue weighted by atomic mass is 9.78. The summed E-state index contributed by atoms with van der Waals surface area (Å²) in [5.41, 5.74) is 1.13. The van der Waals surface area contributed by atoms with E-state index in [1.54, 1.807) is 6.92 Å². The summed E-state index contributed by atoms with van der Waals surface area (Å²) < 4.78 is 11.0. The van der Waals surface area contributed by atoms with Crippen LogP contribution in [0.4, 0.5) is 0 Å². The van der Waals surface area contributed by atoms with Crippen LogP contribution in [0.5, 0.6) is 0 Å². The maximum absolute atomic E-state index is 12.1. The van der Waals surface area contributed by atoms with E-state index in [1.165, 1.54) is 6.92 Å². The first-order valence-electron chi connectivity index (χ1n) is 7.76. The summed E-state index contributed by atoms with van der Waals surface area (Å²) >= 11 is 6.35. The van der Waals surface area contributed by atoms with E-state index >= 15 is 0 Å². The highest BCUT2D eigenvalue weighted by atomic mass is 35.5. The maximum Gasteiger partial charge on any atom is 0.334 e. The van der Waals surface area contributed by atoms with Crippen molar-refractivity contribution < 1.29 is 24.2 Å². The van der Waals surface area contributed by atoms with E-state index in [2.05, 4.69) is 6.58 Å². The molecule has 0 spiro atoms. The number of aliphatic hydroxyl groups is 1. The van der Waals surface area contributed by atoms with Crippen LogP contribution in [0, 0.1) is 11.8 Å². The summed E-state index contributed by atoms with van der Waals surface area (Å²) in [5, 5.41) is 10.4. The number of hydrogen-bond acceptors (Lipinski definition) is 5. The van der Waals surface area contributed by atoms with Crippen molar-refractivity contribution in [2.45, 2.75) is 56.8 Å². The van der Waals surface area contributed by atoms with Gasteiger partial charge in [-0.2, -0.15) is 0 Å². The minimum atomic E-state index is -1.20. The molecule has 1 saturated heterocycles. The number of fused-ring (bicyclic) bond motifs is 3. The molecule has 3 aliphatic rings. The van der Waals surface area contributed by atoms with Crippen LogP contribution in [0.3, 0.4) is 0 Å². The van der Waals surface area contributed by atoms with Gasteiger partial charge in [0.2, 0.25) is 0 Å². The third kappa shape index (κ3) is 2.41. The summed E-state index contributed by atoms with van der Waals surface area (Å²) in [5.74, 6) is -1.77. The quantitative estimate of drug-likeness (QED) is 0.342. The zero-order chi connectivity index (χ0) is 17.1. The van der Waals surface area contributed by atoms with Gasteiger partial charge in [-0.3, -0.25) is 4.79 Å². The Balaban J connectivity index is 2.10. The van der Waals surface area contributed by atoms with Gasteiger partial charge in [-0.1, -0.05) is 17.7 Å². The molecule has 6 unspecified atom stereocenters. The Hall–Kier alpha value is -1.33. The molecule has 1 heterocycles. The second-order valence-corrected chi connectivity index (χ2v) is 7.48. The molecule has 0 aromatic carbocycles. The van der Waals surface area contributed by atoms with Gasteiger partial charge in [0.15, 0.2) is 0 Å². The van der Waals surface area contributed by atoms with E-state index in [0.717, 1.165) is 11.1 Å². The van der Waals surface area contributed by atoms with Crippen LogP contribution in [0.2, 0.25) is 0 Å². The number of hydrogen-bond donors (Lipinski definition) is 1. The highest BCUT2D eigenvalue weighted by Gasteiger charge is 2.60. The van der Waals surface area contributed by atoms with Crippen LogP contribution in [-0.2, 0) is 19.1 Å². The Bertz CT molecular complexity index is 620. The van der Waals surface area contributed by atoms with Gasteiger partial charge in [-0.15, -0.1) is 11.6 Å². The molecule has 6 heteroatoms. The van der Waals surface area contributed by atoms with Crippen LogP contribution < -0.4 is 0 Å². The lowest BCUT2D eigenvalue weighted by molar-refractivity contribution is -0.152. The molecule has 0 radical (unpaired) electrons. The fourth-order valence-corrected chi connectivity index (χ4v) is 4.55. The minimum Gasteiger partial charge on any atom is -0.461 e.